The zero-order valence-corrected chi connectivity index (χ0v) is 15.3. The lowest BCUT2D eigenvalue weighted by atomic mass is 10.2. The summed E-state index contributed by atoms with van der Waals surface area (Å²) in [6.07, 6.45) is 0. The van der Waals surface area contributed by atoms with Gasteiger partial charge in [-0.3, -0.25) is 14.2 Å². The fourth-order valence-corrected chi connectivity index (χ4v) is 3.55. The van der Waals surface area contributed by atoms with Gasteiger partial charge in [0, 0.05) is 31.9 Å². The summed E-state index contributed by atoms with van der Waals surface area (Å²) in [4.78, 5) is 34.1. The van der Waals surface area contributed by atoms with Crippen LogP contribution in [0.15, 0.2) is 59.4 Å². The highest BCUT2D eigenvalue weighted by molar-refractivity contribution is 5.79. The first-order valence-electron chi connectivity index (χ1n) is 9.17. The highest BCUT2D eigenvalue weighted by atomic mass is 16.2. The summed E-state index contributed by atoms with van der Waals surface area (Å²) in [6, 6.07) is 17.5. The highest BCUT2D eigenvalue weighted by Crippen LogP contribution is 2.16. The number of aryl methyl sites for hydroxylation is 1. The molecule has 1 amide bonds. The van der Waals surface area contributed by atoms with Crippen molar-refractivity contribution in [2.24, 2.45) is 0 Å². The van der Waals surface area contributed by atoms with E-state index in [1.54, 1.807) is 13.0 Å². The number of benzene rings is 2. The molecule has 138 valence electrons. The molecule has 0 aliphatic carbocycles. The third kappa shape index (κ3) is 3.43. The maximum atomic E-state index is 12.8. The number of hydrogen-bond acceptors (Lipinski definition) is 4. The van der Waals surface area contributed by atoms with Crippen molar-refractivity contribution in [3.05, 3.63) is 70.8 Å². The number of aromatic nitrogens is 2. The number of hydrogen-bond donors (Lipinski definition) is 0. The molecule has 1 aliphatic rings. The van der Waals surface area contributed by atoms with Crippen molar-refractivity contribution in [3.63, 3.8) is 0 Å². The van der Waals surface area contributed by atoms with Crippen LogP contribution in [0.5, 0.6) is 0 Å². The summed E-state index contributed by atoms with van der Waals surface area (Å²) in [7, 11) is 0. The molecule has 0 bridgehead atoms. The van der Waals surface area contributed by atoms with E-state index in [0.717, 1.165) is 13.1 Å². The molecule has 4 rings (SSSR count). The lowest BCUT2D eigenvalue weighted by Gasteiger charge is -2.36. The van der Waals surface area contributed by atoms with Crippen LogP contribution in [0.25, 0.3) is 10.9 Å². The third-order valence-corrected chi connectivity index (χ3v) is 5.10. The number of carbonyl (C=O) groups is 1. The molecule has 0 saturated carbocycles. The maximum Gasteiger partial charge on any atom is 0.261 e. The molecule has 1 fully saturated rings. The number of rotatable bonds is 3. The number of piperazine rings is 1. The smallest absolute Gasteiger partial charge is 0.261 e. The van der Waals surface area contributed by atoms with Crippen molar-refractivity contribution in [2.45, 2.75) is 13.5 Å². The molecule has 1 aromatic heterocycles. The molecule has 2 heterocycles. The first-order chi connectivity index (χ1) is 13.1. The summed E-state index contributed by atoms with van der Waals surface area (Å²) in [6.45, 7) is 4.70. The van der Waals surface area contributed by atoms with E-state index in [2.05, 4.69) is 22.0 Å². The van der Waals surface area contributed by atoms with Crippen molar-refractivity contribution in [3.8, 4) is 0 Å². The third-order valence-electron chi connectivity index (χ3n) is 5.10. The van der Waals surface area contributed by atoms with Gasteiger partial charge < -0.3 is 9.80 Å². The van der Waals surface area contributed by atoms with Crippen molar-refractivity contribution in [2.75, 3.05) is 31.1 Å². The van der Waals surface area contributed by atoms with E-state index in [1.807, 2.05) is 41.3 Å². The van der Waals surface area contributed by atoms with Gasteiger partial charge in [0.1, 0.15) is 12.4 Å². The molecule has 6 heteroatoms. The average molecular weight is 362 g/mol. The minimum absolute atomic E-state index is 0.0356. The van der Waals surface area contributed by atoms with Crippen molar-refractivity contribution >= 4 is 22.5 Å². The molecular weight excluding hydrogens is 340 g/mol. The van der Waals surface area contributed by atoms with E-state index in [4.69, 9.17) is 0 Å². The molecule has 3 aromatic rings. The lowest BCUT2D eigenvalue weighted by Crippen LogP contribution is -2.50. The van der Waals surface area contributed by atoms with Crippen molar-refractivity contribution < 1.29 is 4.79 Å². The second kappa shape index (κ2) is 7.23. The Hall–Kier alpha value is -3.15. The normalized spacial score (nSPS) is 14.6. The largest absolute Gasteiger partial charge is 0.368 e. The van der Waals surface area contributed by atoms with Crippen molar-refractivity contribution in [1.82, 2.24) is 14.5 Å². The summed E-state index contributed by atoms with van der Waals surface area (Å²) < 4.78 is 1.48. The summed E-state index contributed by atoms with van der Waals surface area (Å²) >= 11 is 0. The topological polar surface area (TPSA) is 58.4 Å². The predicted molar refractivity (Wildman–Crippen MR) is 106 cm³/mol. The second-order valence-corrected chi connectivity index (χ2v) is 6.77. The highest BCUT2D eigenvalue weighted by Gasteiger charge is 2.22. The van der Waals surface area contributed by atoms with E-state index in [1.165, 1.54) is 10.3 Å². The van der Waals surface area contributed by atoms with Gasteiger partial charge in [-0.1, -0.05) is 30.3 Å². The van der Waals surface area contributed by atoms with Gasteiger partial charge in [0.15, 0.2) is 0 Å². The zero-order chi connectivity index (χ0) is 18.8. The molecule has 2 aromatic carbocycles. The SMILES string of the molecule is Cc1nc2ccccc2c(=O)n1CC(=O)N1CCN(c2ccccc2)CC1. The van der Waals surface area contributed by atoms with Gasteiger partial charge in [-0.15, -0.1) is 0 Å². The number of anilines is 1. The van der Waals surface area contributed by atoms with Crippen LogP contribution in [0.3, 0.4) is 0 Å². The van der Waals surface area contributed by atoms with E-state index in [-0.39, 0.29) is 18.0 Å². The number of fused-ring (bicyclic) bond motifs is 1. The van der Waals surface area contributed by atoms with Crippen LogP contribution in [-0.2, 0) is 11.3 Å². The number of amides is 1. The molecule has 0 spiro atoms. The monoisotopic (exact) mass is 362 g/mol. The van der Waals surface area contributed by atoms with Gasteiger partial charge >= 0.3 is 0 Å². The van der Waals surface area contributed by atoms with Crippen LogP contribution in [0.4, 0.5) is 5.69 Å². The van der Waals surface area contributed by atoms with Crippen LogP contribution >= 0.6 is 0 Å². The van der Waals surface area contributed by atoms with Crippen LogP contribution in [0.2, 0.25) is 0 Å². The Kier molecular flexibility index (Phi) is 4.62. The lowest BCUT2D eigenvalue weighted by molar-refractivity contribution is -0.132. The Morgan fingerprint density at radius 2 is 1.63 bits per heavy atom. The Labute approximate surface area is 157 Å². The molecule has 0 radical (unpaired) electrons. The van der Waals surface area contributed by atoms with Gasteiger partial charge in [-0.2, -0.15) is 0 Å². The van der Waals surface area contributed by atoms with Crippen LogP contribution < -0.4 is 10.5 Å². The second-order valence-electron chi connectivity index (χ2n) is 6.77. The zero-order valence-electron chi connectivity index (χ0n) is 15.3. The average Bonchev–Trinajstić information content (AvgIpc) is 2.72. The number of para-hydroxylation sites is 2. The minimum Gasteiger partial charge on any atom is -0.368 e. The van der Waals surface area contributed by atoms with E-state index in [9.17, 15) is 9.59 Å². The maximum absolute atomic E-state index is 12.8. The Bertz CT molecular complexity index is 1020. The van der Waals surface area contributed by atoms with Gasteiger partial charge in [0.25, 0.3) is 5.56 Å². The molecule has 1 aliphatic heterocycles. The van der Waals surface area contributed by atoms with Gasteiger partial charge in [-0.05, 0) is 31.2 Å². The van der Waals surface area contributed by atoms with E-state index in [0.29, 0.717) is 29.8 Å². The standard InChI is InChI=1S/C21H22N4O2/c1-16-22-19-10-6-5-9-18(19)21(27)25(16)15-20(26)24-13-11-23(12-14-24)17-7-3-2-4-8-17/h2-10H,11-15H2,1H3. The predicted octanol–water partition coefficient (Wildman–Crippen LogP) is 2.05. The summed E-state index contributed by atoms with van der Waals surface area (Å²) in [5.74, 6) is 0.528. The molecule has 0 unspecified atom stereocenters. The van der Waals surface area contributed by atoms with Gasteiger partial charge in [0.05, 0.1) is 10.9 Å². The Balaban J connectivity index is 1.47. The van der Waals surface area contributed by atoms with Gasteiger partial charge in [0.2, 0.25) is 5.91 Å². The number of nitrogens with zero attached hydrogens (tertiary/aromatic N) is 4. The number of carbonyl (C=O) groups excluding carboxylic acids is 1. The van der Waals surface area contributed by atoms with Crippen LogP contribution in [0, 0.1) is 6.92 Å². The fraction of sp³-hybridized carbons (Fsp3) is 0.286. The molecule has 27 heavy (non-hydrogen) atoms. The molecule has 1 saturated heterocycles. The Morgan fingerprint density at radius 3 is 2.37 bits per heavy atom. The fourth-order valence-electron chi connectivity index (χ4n) is 3.55. The minimum atomic E-state index is -0.158. The first kappa shape index (κ1) is 17.3. The van der Waals surface area contributed by atoms with Crippen LogP contribution in [-0.4, -0.2) is 46.5 Å². The van der Waals surface area contributed by atoms with Crippen LogP contribution in [0.1, 0.15) is 5.82 Å². The molecular formula is C21H22N4O2. The molecule has 0 atom stereocenters. The summed E-state index contributed by atoms with van der Waals surface area (Å²) in [5, 5.41) is 0.546. The Morgan fingerprint density at radius 1 is 0.963 bits per heavy atom. The summed E-state index contributed by atoms with van der Waals surface area (Å²) in [5.41, 5.74) is 1.69. The molecule has 0 N–H and O–H groups in total. The quantitative estimate of drug-likeness (QED) is 0.716. The van der Waals surface area contributed by atoms with E-state index < -0.39 is 0 Å². The van der Waals surface area contributed by atoms with E-state index >= 15 is 0 Å². The van der Waals surface area contributed by atoms with Gasteiger partial charge in [-0.25, -0.2) is 4.98 Å². The molecule has 6 nitrogen and oxygen atoms in total. The first-order valence-corrected chi connectivity index (χ1v) is 9.17. The van der Waals surface area contributed by atoms with Crippen molar-refractivity contribution in [1.29, 1.82) is 0 Å².